The Hall–Kier alpha value is -2.39. The molecule has 0 aliphatic carbocycles. The summed E-state index contributed by atoms with van der Waals surface area (Å²) in [4.78, 5) is 39.3. The average molecular weight is 406 g/mol. The van der Waals surface area contributed by atoms with Gasteiger partial charge < -0.3 is 10.2 Å². The number of amides is 3. The highest BCUT2D eigenvalue weighted by molar-refractivity contribution is 6.05. The predicted octanol–water partition coefficient (Wildman–Crippen LogP) is 0.877. The molecule has 0 bridgehead atoms. The minimum absolute atomic E-state index is 0.179. The van der Waals surface area contributed by atoms with E-state index in [0.717, 1.165) is 11.1 Å². The number of nitrogens with zero attached hydrogens (tertiary/aromatic N) is 2. The maximum absolute atomic E-state index is 14.2. The third kappa shape index (κ3) is 3.76. The Morgan fingerprint density at radius 2 is 2.07 bits per heavy atom. The number of alkyl halides is 2. The van der Waals surface area contributed by atoms with E-state index in [1.54, 1.807) is 24.1 Å². The molecule has 0 radical (unpaired) electrons. The minimum Gasteiger partial charge on any atom is -0.322 e. The molecule has 156 valence electrons. The van der Waals surface area contributed by atoms with Crippen LogP contribution < -0.4 is 10.6 Å². The Morgan fingerprint density at radius 1 is 1.28 bits per heavy atom. The van der Waals surface area contributed by atoms with Gasteiger partial charge in [-0.15, -0.1) is 0 Å². The van der Waals surface area contributed by atoms with Crippen molar-refractivity contribution < 1.29 is 23.2 Å². The van der Waals surface area contributed by atoms with Crippen molar-refractivity contribution in [2.24, 2.45) is 0 Å². The quantitative estimate of drug-likeness (QED) is 0.726. The highest BCUT2D eigenvalue weighted by atomic mass is 19.3. The molecule has 3 aliphatic heterocycles. The van der Waals surface area contributed by atoms with Crippen molar-refractivity contribution in [1.82, 2.24) is 20.4 Å². The summed E-state index contributed by atoms with van der Waals surface area (Å²) >= 11 is 0. The summed E-state index contributed by atoms with van der Waals surface area (Å²) in [6.45, 7) is 1.16. The fraction of sp³-hybridized carbons (Fsp3) is 0.550. The van der Waals surface area contributed by atoms with Crippen molar-refractivity contribution in [1.29, 1.82) is 0 Å². The van der Waals surface area contributed by atoms with E-state index in [-0.39, 0.29) is 37.7 Å². The number of hydrogen-bond donors (Lipinski definition) is 2. The number of imide groups is 1. The third-order valence-electron chi connectivity index (χ3n) is 6.01. The summed E-state index contributed by atoms with van der Waals surface area (Å²) in [7, 11) is 1.68. The van der Waals surface area contributed by atoms with Crippen LogP contribution in [0.2, 0.25) is 0 Å². The SMILES string of the molecule is CN(Cc1ccc2c(c1)CN(C1CCC(=O)NC1=O)C2=O)C1CNCCC1(F)F. The van der Waals surface area contributed by atoms with E-state index in [2.05, 4.69) is 10.6 Å². The summed E-state index contributed by atoms with van der Waals surface area (Å²) in [5, 5.41) is 5.30. The number of carbonyl (C=O) groups is 3. The van der Waals surface area contributed by atoms with Gasteiger partial charge >= 0.3 is 0 Å². The third-order valence-corrected chi connectivity index (χ3v) is 6.01. The molecule has 1 aromatic carbocycles. The van der Waals surface area contributed by atoms with Crippen LogP contribution in [0.4, 0.5) is 8.78 Å². The number of carbonyl (C=O) groups excluding carboxylic acids is 3. The van der Waals surface area contributed by atoms with Gasteiger partial charge in [-0.25, -0.2) is 8.78 Å². The second-order valence-electron chi connectivity index (χ2n) is 8.04. The Labute approximate surface area is 167 Å². The van der Waals surface area contributed by atoms with Crippen LogP contribution >= 0.6 is 0 Å². The number of hydrogen-bond acceptors (Lipinski definition) is 5. The Bertz CT molecular complexity index is 860. The predicted molar refractivity (Wildman–Crippen MR) is 100 cm³/mol. The highest BCUT2D eigenvalue weighted by Gasteiger charge is 2.44. The van der Waals surface area contributed by atoms with Crippen molar-refractivity contribution in [2.45, 2.75) is 50.4 Å². The van der Waals surface area contributed by atoms with Crippen molar-refractivity contribution in [3.05, 3.63) is 34.9 Å². The lowest BCUT2D eigenvalue weighted by Crippen LogP contribution is -2.56. The van der Waals surface area contributed by atoms with Crippen molar-refractivity contribution >= 4 is 17.7 Å². The molecule has 4 rings (SSSR count). The molecule has 29 heavy (non-hydrogen) atoms. The monoisotopic (exact) mass is 406 g/mol. The summed E-state index contributed by atoms with van der Waals surface area (Å²) in [6.07, 6.45) is 0.335. The van der Waals surface area contributed by atoms with Crippen LogP contribution in [0, 0.1) is 0 Å². The molecule has 7 nitrogen and oxygen atoms in total. The average Bonchev–Trinajstić information content (AvgIpc) is 2.97. The van der Waals surface area contributed by atoms with Gasteiger partial charge in [0.25, 0.3) is 11.8 Å². The molecule has 0 aromatic heterocycles. The Kier molecular flexibility index (Phi) is 5.12. The zero-order valence-corrected chi connectivity index (χ0v) is 16.2. The first-order chi connectivity index (χ1) is 13.8. The van der Waals surface area contributed by atoms with Crippen LogP contribution in [0.1, 0.15) is 40.7 Å². The van der Waals surface area contributed by atoms with E-state index in [0.29, 0.717) is 25.1 Å². The summed E-state index contributed by atoms with van der Waals surface area (Å²) < 4.78 is 28.4. The van der Waals surface area contributed by atoms with Crippen LogP contribution in [-0.2, 0) is 22.7 Å². The van der Waals surface area contributed by atoms with Gasteiger partial charge in [-0.2, -0.15) is 0 Å². The van der Waals surface area contributed by atoms with E-state index >= 15 is 0 Å². The Morgan fingerprint density at radius 3 is 2.79 bits per heavy atom. The number of nitrogens with one attached hydrogen (secondary N) is 2. The molecule has 2 saturated heterocycles. The largest absolute Gasteiger partial charge is 0.322 e. The number of benzene rings is 1. The lowest BCUT2D eigenvalue weighted by Gasteiger charge is -2.38. The maximum Gasteiger partial charge on any atom is 0.265 e. The molecule has 3 amide bonds. The molecule has 9 heteroatoms. The number of likely N-dealkylation sites (N-methyl/N-ethyl adjacent to an activating group) is 1. The number of halogens is 2. The van der Waals surface area contributed by atoms with Crippen LogP contribution in [-0.4, -0.2) is 65.7 Å². The van der Waals surface area contributed by atoms with Crippen LogP contribution in [0.25, 0.3) is 0 Å². The second-order valence-corrected chi connectivity index (χ2v) is 8.04. The fourth-order valence-corrected chi connectivity index (χ4v) is 4.41. The number of fused-ring (bicyclic) bond motifs is 1. The van der Waals surface area contributed by atoms with Gasteiger partial charge in [-0.05, 0) is 30.7 Å². The lowest BCUT2D eigenvalue weighted by atomic mass is 10.00. The maximum atomic E-state index is 14.2. The van der Waals surface area contributed by atoms with Gasteiger partial charge in [0.05, 0.1) is 6.04 Å². The van der Waals surface area contributed by atoms with Crippen LogP contribution in [0.5, 0.6) is 0 Å². The standard InChI is InChI=1S/C20H24F2N4O3/c1-25(16-9-23-7-6-20(16,21)22)10-12-2-3-14-13(8-12)11-26(19(14)29)15-4-5-17(27)24-18(15)28/h2-3,8,15-16,23H,4-7,9-11H2,1H3,(H,24,27,28). The summed E-state index contributed by atoms with van der Waals surface area (Å²) in [5.74, 6) is -3.75. The van der Waals surface area contributed by atoms with Gasteiger partial charge in [-0.3, -0.25) is 24.6 Å². The smallest absolute Gasteiger partial charge is 0.265 e. The van der Waals surface area contributed by atoms with Crippen LogP contribution in [0.3, 0.4) is 0 Å². The van der Waals surface area contributed by atoms with Gasteiger partial charge in [0.2, 0.25) is 11.8 Å². The van der Waals surface area contributed by atoms with Crippen LogP contribution in [0.15, 0.2) is 18.2 Å². The first kappa shape index (κ1) is 19.9. The van der Waals surface area contributed by atoms with Crippen molar-refractivity contribution in [2.75, 3.05) is 20.1 Å². The highest BCUT2D eigenvalue weighted by Crippen LogP contribution is 2.31. The van der Waals surface area contributed by atoms with Gasteiger partial charge in [0.1, 0.15) is 6.04 Å². The zero-order valence-electron chi connectivity index (χ0n) is 16.2. The van der Waals surface area contributed by atoms with E-state index in [1.807, 2.05) is 6.07 Å². The van der Waals surface area contributed by atoms with E-state index < -0.39 is 23.9 Å². The number of piperidine rings is 2. The van der Waals surface area contributed by atoms with Gasteiger partial charge in [0.15, 0.2) is 0 Å². The molecule has 1 aromatic rings. The van der Waals surface area contributed by atoms with Gasteiger partial charge in [0, 0.05) is 44.6 Å². The lowest BCUT2D eigenvalue weighted by molar-refractivity contribution is -0.136. The van der Waals surface area contributed by atoms with E-state index in [9.17, 15) is 23.2 Å². The molecule has 3 aliphatic rings. The number of rotatable bonds is 4. The topological polar surface area (TPSA) is 81.8 Å². The zero-order chi connectivity index (χ0) is 20.8. The van der Waals surface area contributed by atoms with Crippen molar-refractivity contribution in [3.63, 3.8) is 0 Å². The molecule has 0 spiro atoms. The Balaban J connectivity index is 1.47. The van der Waals surface area contributed by atoms with E-state index in [4.69, 9.17) is 0 Å². The van der Waals surface area contributed by atoms with E-state index in [1.165, 1.54) is 4.90 Å². The molecule has 2 atom stereocenters. The molecular weight excluding hydrogens is 382 g/mol. The second kappa shape index (κ2) is 7.46. The normalized spacial score (nSPS) is 26.6. The summed E-state index contributed by atoms with van der Waals surface area (Å²) in [5.41, 5.74) is 2.13. The fourth-order valence-electron chi connectivity index (χ4n) is 4.41. The molecular formula is C20H24F2N4O3. The van der Waals surface area contributed by atoms with Crippen molar-refractivity contribution in [3.8, 4) is 0 Å². The first-order valence-electron chi connectivity index (χ1n) is 9.81. The van der Waals surface area contributed by atoms with Gasteiger partial charge in [-0.1, -0.05) is 12.1 Å². The minimum atomic E-state index is -2.74. The molecule has 2 fully saturated rings. The summed E-state index contributed by atoms with van der Waals surface area (Å²) in [6, 6.07) is 3.78. The molecule has 3 heterocycles. The molecule has 0 saturated carbocycles. The molecule has 2 unspecified atom stereocenters. The first-order valence-corrected chi connectivity index (χ1v) is 9.81. The molecule has 2 N–H and O–H groups in total.